The molecule has 1 aliphatic rings. The van der Waals surface area contributed by atoms with E-state index in [4.69, 9.17) is 4.74 Å². The van der Waals surface area contributed by atoms with Gasteiger partial charge in [0.15, 0.2) is 0 Å². The van der Waals surface area contributed by atoms with Crippen LogP contribution in [0.2, 0.25) is 0 Å². The molecule has 0 radical (unpaired) electrons. The van der Waals surface area contributed by atoms with E-state index in [0.717, 1.165) is 12.1 Å². The lowest BCUT2D eigenvalue weighted by Crippen LogP contribution is -2.28. The van der Waals surface area contributed by atoms with Crippen LogP contribution in [0.5, 0.6) is 0 Å². The number of rotatable bonds is 5. The summed E-state index contributed by atoms with van der Waals surface area (Å²) in [6.45, 7) is 0.788. The first-order chi connectivity index (χ1) is 16.1. The smallest absolute Gasteiger partial charge is 0.266 e. The van der Waals surface area contributed by atoms with E-state index >= 15 is 0 Å². The molecule has 4 aromatic rings. The molecule has 5 rings (SSSR count). The van der Waals surface area contributed by atoms with Gasteiger partial charge in [-0.3, -0.25) is 9.59 Å². The van der Waals surface area contributed by atoms with Crippen LogP contribution < -0.4 is 10.2 Å². The maximum absolute atomic E-state index is 14.4. The average molecular weight is 461 g/mol. The van der Waals surface area contributed by atoms with Gasteiger partial charge in [0.1, 0.15) is 5.82 Å². The van der Waals surface area contributed by atoms with Gasteiger partial charge in [-0.2, -0.15) is 0 Å². The largest absolute Gasteiger partial charge is 0.380 e. The number of carbonyl (C=O) groups is 2. The number of hydrogen-bond donors (Lipinski definition) is 1. The van der Waals surface area contributed by atoms with Crippen LogP contribution in [0.3, 0.4) is 0 Å². The summed E-state index contributed by atoms with van der Waals surface area (Å²) in [4.78, 5) is 28.2. The molecule has 0 atom stereocenters. The Bertz CT molecular complexity index is 1360. The quantitative estimate of drug-likeness (QED) is 0.419. The Morgan fingerprint density at radius 3 is 2.64 bits per heavy atom. The minimum Gasteiger partial charge on any atom is -0.380 e. The monoisotopic (exact) mass is 460 g/mol. The first-order valence-electron chi connectivity index (χ1n) is 10.6. The molecule has 2 amide bonds. The lowest BCUT2D eigenvalue weighted by molar-refractivity contribution is 0.0988. The highest BCUT2D eigenvalue weighted by molar-refractivity contribution is 7.21. The lowest BCUT2D eigenvalue weighted by Gasteiger charge is -2.17. The second kappa shape index (κ2) is 8.77. The highest BCUT2D eigenvalue weighted by Gasteiger charge is 2.25. The van der Waals surface area contributed by atoms with Crippen LogP contribution in [0.25, 0.3) is 10.1 Å². The molecule has 0 bridgehead atoms. The topological polar surface area (TPSA) is 58.6 Å². The summed E-state index contributed by atoms with van der Waals surface area (Å²) in [5, 5.41) is 3.28. The standard InChI is InChI=1S/C26H21FN2O3S/c1-32-15-19-23-20(27)6-4-8-22(23)33-24(19)25(30)28-18-11-9-17(10-12-18)26(31)29-14-13-16-5-2-3-7-21(16)29/h2-12H,13-15H2,1H3,(H,28,30). The summed E-state index contributed by atoms with van der Waals surface area (Å²) in [5.41, 5.74) is 3.75. The first-order valence-corrected chi connectivity index (χ1v) is 11.4. The third kappa shape index (κ3) is 3.90. The second-order valence-corrected chi connectivity index (χ2v) is 8.87. The van der Waals surface area contributed by atoms with Gasteiger partial charge in [0.2, 0.25) is 0 Å². The van der Waals surface area contributed by atoms with Crippen LogP contribution in [0, 0.1) is 5.82 Å². The summed E-state index contributed by atoms with van der Waals surface area (Å²) < 4.78 is 20.3. The normalized spacial score (nSPS) is 12.7. The van der Waals surface area contributed by atoms with E-state index < -0.39 is 0 Å². The van der Waals surface area contributed by atoms with Crippen LogP contribution in [-0.4, -0.2) is 25.5 Å². The highest BCUT2D eigenvalue weighted by Crippen LogP contribution is 2.34. The molecule has 3 aromatic carbocycles. The van der Waals surface area contributed by atoms with Crippen molar-refractivity contribution < 1.29 is 18.7 Å². The minimum absolute atomic E-state index is 0.0693. The van der Waals surface area contributed by atoms with E-state index in [0.29, 0.717) is 38.3 Å². The number of hydrogen-bond acceptors (Lipinski definition) is 4. The highest BCUT2D eigenvalue weighted by atomic mass is 32.1. The fourth-order valence-electron chi connectivity index (χ4n) is 4.22. The number of nitrogens with zero attached hydrogens (tertiary/aromatic N) is 1. The van der Waals surface area contributed by atoms with Gasteiger partial charge < -0.3 is 15.0 Å². The van der Waals surface area contributed by atoms with Crippen LogP contribution in [0.4, 0.5) is 15.8 Å². The van der Waals surface area contributed by atoms with Gasteiger partial charge in [-0.05, 0) is 54.4 Å². The maximum atomic E-state index is 14.4. The summed E-state index contributed by atoms with van der Waals surface area (Å²) in [6, 6.07) is 19.5. The van der Waals surface area contributed by atoms with Crippen molar-refractivity contribution in [3.8, 4) is 0 Å². The van der Waals surface area contributed by atoms with Crippen LogP contribution in [0.15, 0.2) is 66.7 Å². The third-order valence-electron chi connectivity index (χ3n) is 5.78. The maximum Gasteiger partial charge on any atom is 0.266 e. The van der Waals surface area contributed by atoms with Crippen molar-refractivity contribution in [3.63, 3.8) is 0 Å². The van der Waals surface area contributed by atoms with Gasteiger partial charge in [-0.1, -0.05) is 24.3 Å². The van der Waals surface area contributed by atoms with Crippen molar-refractivity contribution in [2.45, 2.75) is 13.0 Å². The molecule has 5 nitrogen and oxygen atoms in total. The van der Waals surface area contributed by atoms with Gasteiger partial charge >= 0.3 is 0 Å². The molecule has 166 valence electrons. The molecular weight excluding hydrogens is 439 g/mol. The predicted octanol–water partition coefficient (Wildman–Crippen LogP) is 5.64. The Hall–Kier alpha value is -3.55. The molecular formula is C26H21FN2O3S. The average Bonchev–Trinajstić information content (AvgIpc) is 3.42. The van der Waals surface area contributed by atoms with Crippen molar-refractivity contribution >= 4 is 44.6 Å². The molecule has 1 N–H and O–H groups in total. The van der Waals surface area contributed by atoms with E-state index in [9.17, 15) is 14.0 Å². The Morgan fingerprint density at radius 2 is 1.85 bits per heavy atom. The molecule has 1 aliphatic heterocycles. The molecule has 0 saturated carbocycles. The van der Waals surface area contributed by atoms with Crippen LogP contribution >= 0.6 is 11.3 Å². The molecule has 0 fully saturated rings. The zero-order chi connectivity index (χ0) is 22.9. The summed E-state index contributed by atoms with van der Waals surface area (Å²) >= 11 is 1.23. The van der Waals surface area contributed by atoms with Gasteiger partial charge in [0.25, 0.3) is 11.8 Å². The number of amides is 2. The number of nitrogens with one attached hydrogen (secondary N) is 1. The van der Waals surface area contributed by atoms with Crippen molar-refractivity contribution in [2.75, 3.05) is 23.9 Å². The van der Waals surface area contributed by atoms with Crippen molar-refractivity contribution in [2.24, 2.45) is 0 Å². The number of fused-ring (bicyclic) bond motifs is 2. The van der Waals surface area contributed by atoms with Gasteiger partial charge in [-0.25, -0.2) is 4.39 Å². The van der Waals surface area contributed by atoms with E-state index in [1.807, 2.05) is 24.3 Å². The Labute approximate surface area is 194 Å². The number of methoxy groups -OCH3 is 1. The van der Waals surface area contributed by atoms with Crippen LogP contribution in [0.1, 0.15) is 31.2 Å². The zero-order valence-electron chi connectivity index (χ0n) is 17.9. The number of halogens is 1. The zero-order valence-corrected chi connectivity index (χ0v) is 18.7. The van der Waals surface area contributed by atoms with E-state index in [2.05, 4.69) is 5.32 Å². The van der Waals surface area contributed by atoms with Crippen molar-refractivity contribution in [3.05, 3.63) is 94.1 Å². The number of thiophene rings is 1. The summed E-state index contributed by atoms with van der Waals surface area (Å²) in [5.74, 6) is -0.781. The SMILES string of the molecule is COCc1c(C(=O)Nc2ccc(C(=O)N3CCc4ccccc43)cc2)sc2cccc(F)c12. The molecule has 2 heterocycles. The van der Waals surface area contributed by atoms with Gasteiger partial charge in [0, 0.05) is 46.2 Å². The van der Waals surface area contributed by atoms with E-state index in [1.165, 1.54) is 30.1 Å². The molecule has 0 unspecified atom stereocenters. The van der Waals surface area contributed by atoms with Gasteiger partial charge in [0.05, 0.1) is 11.5 Å². The van der Waals surface area contributed by atoms with E-state index in [-0.39, 0.29) is 24.2 Å². The molecule has 0 aliphatic carbocycles. The Morgan fingerprint density at radius 1 is 1.06 bits per heavy atom. The fourth-order valence-corrected chi connectivity index (χ4v) is 5.34. The van der Waals surface area contributed by atoms with Crippen LogP contribution in [-0.2, 0) is 17.8 Å². The van der Waals surface area contributed by atoms with Crippen molar-refractivity contribution in [1.82, 2.24) is 0 Å². The number of benzene rings is 3. The summed E-state index contributed by atoms with van der Waals surface area (Å²) in [6.07, 6.45) is 0.843. The Kier molecular flexibility index (Phi) is 5.66. The summed E-state index contributed by atoms with van der Waals surface area (Å²) in [7, 11) is 1.51. The predicted molar refractivity (Wildman–Crippen MR) is 129 cm³/mol. The number of para-hydroxylation sites is 1. The van der Waals surface area contributed by atoms with E-state index in [1.54, 1.807) is 41.3 Å². The Balaban J connectivity index is 1.36. The molecule has 0 saturated heterocycles. The number of ether oxygens (including phenoxy) is 1. The number of carbonyl (C=O) groups excluding carboxylic acids is 2. The molecule has 33 heavy (non-hydrogen) atoms. The second-order valence-electron chi connectivity index (χ2n) is 7.82. The third-order valence-corrected chi connectivity index (χ3v) is 6.98. The number of anilines is 2. The molecule has 1 aromatic heterocycles. The fraction of sp³-hybridized carbons (Fsp3) is 0.154. The first kappa shape index (κ1) is 21.3. The van der Waals surface area contributed by atoms with Gasteiger partial charge in [-0.15, -0.1) is 11.3 Å². The lowest BCUT2D eigenvalue weighted by atomic mass is 10.1. The molecule has 0 spiro atoms. The van der Waals surface area contributed by atoms with Crippen molar-refractivity contribution in [1.29, 1.82) is 0 Å². The minimum atomic E-state index is -0.374. The molecule has 7 heteroatoms.